The average molecular weight is 250 g/mol. The van der Waals surface area contributed by atoms with Crippen molar-refractivity contribution in [2.24, 2.45) is 0 Å². The summed E-state index contributed by atoms with van der Waals surface area (Å²) in [4.78, 5) is 1.68. The van der Waals surface area contributed by atoms with Crippen molar-refractivity contribution in [3.8, 4) is 5.75 Å². The Bertz CT molecular complexity index is 388. The molecule has 1 aromatic carbocycles. The van der Waals surface area contributed by atoms with Crippen molar-refractivity contribution in [3.63, 3.8) is 0 Å². The summed E-state index contributed by atoms with van der Waals surface area (Å²) in [6.07, 6.45) is 0. The van der Waals surface area contributed by atoms with Crippen LogP contribution in [0.2, 0.25) is 0 Å². The molecule has 18 heavy (non-hydrogen) atoms. The Balaban J connectivity index is 2.26. The molecule has 3 nitrogen and oxygen atoms in total. The van der Waals surface area contributed by atoms with Gasteiger partial charge in [-0.3, -0.25) is 0 Å². The van der Waals surface area contributed by atoms with Crippen molar-refractivity contribution in [3.05, 3.63) is 29.3 Å². The van der Waals surface area contributed by atoms with E-state index < -0.39 is 0 Å². The van der Waals surface area contributed by atoms with Crippen molar-refractivity contribution in [1.29, 1.82) is 0 Å². The molecular formula is C15H26N2O+2. The van der Waals surface area contributed by atoms with Crippen LogP contribution in [0.15, 0.2) is 18.2 Å². The highest BCUT2D eigenvalue weighted by atomic mass is 16.5. The van der Waals surface area contributed by atoms with E-state index in [1.807, 2.05) is 6.92 Å². The molecule has 1 atom stereocenters. The molecule has 0 aliphatic carbocycles. The molecule has 0 spiro atoms. The van der Waals surface area contributed by atoms with Gasteiger partial charge in [0, 0.05) is 11.1 Å². The molecule has 1 heterocycles. The SMILES string of the molecule is CCOc1ccc2c(c1)C[NH2+]C[C@H]2[NH+](CC)CC. The van der Waals surface area contributed by atoms with Crippen LogP contribution >= 0.6 is 0 Å². The summed E-state index contributed by atoms with van der Waals surface area (Å²) in [5.41, 5.74) is 2.98. The standard InChI is InChI=1S/C15H24N2O/c1-4-17(5-2)15-11-16-10-12-9-13(18-6-3)7-8-14(12)15/h7-9,15-16H,4-6,10-11H2,1-3H3/p+2/t15-/m1/s1. The van der Waals surface area contributed by atoms with Gasteiger partial charge in [0.15, 0.2) is 6.04 Å². The minimum absolute atomic E-state index is 0.638. The maximum atomic E-state index is 5.60. The number of nitrogens with one attached hydrogen (secondary N) is 1. The van der Waals surface area contributed by atoms with Crippen molar-refractivity contribution >= 4 is 0 Å². The quantitative estimate of drug-likeness (QED) is 0.764. The fourth-order valence-electron chi connectivity index (χ4n) is 3.02. The van der Waals surface area contributed by atoms with Gasteiger partial charge in [-0.1, -0.05) is 0 Å². The van der Waals surface area contributed by atoms with Crippen LogP contribution in [0.4, 0.5) is 0 Å². The molecular weight excluding hydrogens is 224 g/mol. The lowest BCUT2D eigenvalue weighted by molar-refractivity contribution is -0.945. The molecule has 2 rings (SSSR count). The summed E-state index contributed by atoms with van der Waals surface area (Å²) in [5, 5.41) is 2.42. The minimum Gasteiger partial charge on any atom is -0.494 e. The number of likely N-dealkylation sites (N-methyl/N-ethyl adjacent to an activating group) is 1. The van der Waals surface area contributed by atoms with Gasteiger partial charge in [-0.05, 0) is 39.0 Å². The molecule has 3 heteroatoms. The number of hydrogen-bond acceptors (Lipinski definition) is 1. The summed E-state index contributed by atoms with van der Waals surface area (Å²) < 4.78 is 5.60. The lowest BCUT2D eigenvalue weighted by Gasteiger charge is -2.30. The highest BCUT2D eigenvalue weighted by Gasteiger charge is 2.30. The van der Waals surface area contributed by atoms with E-state index in [0.717, 1.165) is 18.9 Å². The third kappa shape index (κ3) is 2.68. The first-order valence-electron chi connectivity index (χ1n) is 7.21. The maximum absolute atomic E-state index is 5.60. The lowest BCUT2D eigenvalue weighted by atomic mass is 9.95. The smallest absolute Gasteiger partial charge is 0.163 e. The predicted octanol–water partition coefficient (Wildman–Crippen LogP) is 0.128. The van der Waals surface area contributed by atoms with Crippen LogP contribution in [0.5, 0.6) is 5.75 Å². The van der Waals surface area contributed by atoms with E-state index in [9.17, 15) is 0 Å². The largest absolute Gasteiger partial charge is 0.494 e. The molecule has 3 N–H and O–H groups in total. The molecule has 0 unspecified atom stereocenters. The van der Waals surface area contributed by atoms with Crippen molar-refractivity contribution in [1.82, 2.24) is 0 Å². The van der Waals surface area contributed by atoms with Crippen LogP contribution < -0.4 is 15.0 Å². The zero-order valence-electron chi connectivity index (χ0n) is 11.8. The van der Waals surface area contributed by atoms with Crippen molar-refractivity contribution < 1.29 is 15.0 Å². The molecule has 0 saturated heterocycles. The minimum atomic E-state index is 0.638. The molecule has 1 aliphatic rings. The van der Waals surface area contributed by atoms with E-state index in [0.29, 0.717) is 6.04 Å². The Kier molecular flexibility index (Phi) is 4.61. The second-order valence-corrected chi connectivity index (χ2v) is 4.94. The Labute approximate surface area is 110 Å². The molecule has 0 saturated carbocycles. The predicted molar refractivity (Wildman–Crippen MR) is 72.9 cm³/mol. The summed E-state index contributed by atoms with van der Waals surface area (Å²) in [6, 6.07) is 7.27. The van der Waals surface area contributed by atoms with Gasteiger partial charge in [0.25, 0.3) is 0 Å². The van der Waals surface area contributed by atoms with Crippen molar-refractivity contribution in [2.45, 2.75) is 33.4 Å². The first kappa shape index (κ1) is 13.4. The van der Waals surface area contributed by atoms with Gasteiger partial charge in [0.05, 0.1) is 19.7 Å². The molecule has 1 aromatic rings. The molecule has 0 bridgehead atoms. The van der Waals surface area contributed by atoms with E-state index in [4.69, 9.17) is 4.74 Å². The van der Waals surface area contributed by atoms with Gasteiger partial charge in [-0.2, -0.15) is 0 Å². The zero-order valence-corrected chi connectivity index (χ0v) is 11.8. The molecule has 0 amide bonds. The van der Waals surface area contributed by atoms with Gasteiger partial charge in [-0.15, -0.1) is 0 Å². The average Bonchev–Trinajstić information content (AvgIpc) is 2.40. The number of rotatable bonds is 5. The molecule has 0 fully saturated rings. The fourth-order valence-corrected chi connectivity index (χ4v) is 3.02. The second kappa shape index (κ2) is 6.21. The molecule has 0 aromatic heterocycles. The van der Waals surface area contributed by atoms with Crippen LogP contribution in [-0.2, 0) is 6.54 Å². The monoisotopic (exact) mass is 250 g/mol. The third-order valence-electron chi connectivity index (χ3n) is 3.97. The lowest BCUT2D eigenvalue weighted by Crippen LogP contribution is -3.14. The topological polar surface area (TPSA) is 30.3 Å². The number of nitrogens with two attached hydrogens (primary N) is 1. The van der Waals surface area contributed by atoms with Crippen LogP contribution in [-0.4, -0.2) is 26.2 Å². The number of quaternary nitrogens is 2. The first-order valence-corrected chi connectivity index (χ1v) is 7.21. The highest BCUT2D eigenvalue weighted by molar-refractivity contribution is 5.37. The van der Waals surface area contributed by atoms with E-state index in [-0.39, 0.29) is 0 Å². The Hall–Kier alpha value is -1.06. The fraction of sp³-hybridized carbons (Fsp3) is 0.600. The number of fused-ring (bicyclic) bond motifs is 1. The molecule has 100 valence electrons. The van der Waals surface area contributed by atoms with Gasteiger partial charge in [-0.25, -0.2) is 0 Å². The molecule has 0 radical (unpaired) electrons. The van der Waals surface area contributed by atoms with Gasteiger partial charge >= 0.3 is 0 Å². The summed E-state index contributed by atoms with van der Waals surface area (Å²) in [7, 11) is 0. The van der Waals surface area contributed by atoms with E-state index in [1.165, 1.54) is 30.8 Å². The van der Waals surface area contributed by atoms with Gasteiger partial charge < -0.3 is 15.0 Å². The maximum Gasteiger partial charge on any atom is 0.163 e. The van der Waals surface area contributed by atoms with E-state index >= 15 is 0 Å². The first-order chi connectivity index (χ1) is 8.80. The summed E-state index contributed by atoms with van der Waals surface area (Å²) in [6.45, 7) is 12.0. The van der Waals surface area contributed by atoms with Crippen LogP contribution in [0, 0.1) is 0 Å². The van der Waals surface area contributed by atoms with Crippen LogP contribution in [0.1, 0.15) is 37.9 Å². The van der Waals surface area contributed by atoms with Crippen LogP contribution in [0.3, 0.4) is 0 Å². The normalized spacial score (nSPS) is 18.8. The van der Waals surface area contributed by atoms with E-state index in [1.54, 1.807) is 4.90 Å². The Morgan fingerprint density at radius 2 is 2.06 bits per heavy atom. The zero-order chi connectivity index (χ0) is 13.0. The van der Waals surface area contributed by atoms with Crippen LogP contribution in [0.25, 0.3) is 0 Å². The number of ether oxygens (including phenoxy) is 1. The number of hydrogen-bond donors (Lipinski definition) is 2. The molecule has 1 aliphatic heterocycles. The number of benzene rings is 1. The Morgan fingerprint density at radius 1 is 1.28 bits per heavy atom. The van der Waals surface area contributed by atoms with Crippen molar-refractivity contribution in [2.75, 3.05) is 26.2 Å². The second-order valence-electron chi connectivity index (χ2n) is 4.94. The Morgan fingerprint density at radius 3 is 2.72 bits per heavy atom. The highest BCUT2D eigenvalue weighted by Crippen LogP contribution is 2.22. The van der Waals surface area contributed by atoms with Gasteiger partial charge in [0.2, 0.25) is 0 Å². The van der Waals surface area contributed by atoms with Gasteiger partial charge in [0.1, 0.15) is 18.8 Å². The third-order valence-corrected chi connectivity index (χ3v) is 3.97. The summed E-state index contributed by atoms with van der Waals surface area (Å²) in [5.74, 6) is 1.01. The van der Waals surface area contributed by atoms with E-state index in [2.05, 4.69) is 37.4 Å². The summed E-state index contributed by atoms with van der Waals surface area (Å²) >= 11 is 0.